The number of nitrogens with zero attached hydrogens (tertiary/aromatic N) is 1. The molecule has 0 unspecified atom stereocenters. The number of esters is 1. The van der Waals surface area contributed by atoms with Gasteiger partial charge in [0.1, 0.15) is 23.9 Å². The summed E-state index contributed by atoms with van der Waals surface area (Å²) < 4.78 is 16.5. The number of ether oxygens (including phenoxy) is 2. The van der Waals surface area contributed by atoms with Crippen molar-refractivity contribution in [1.29, 1.82) is 0 Å². The van der Waals surface area contributed by atoms with E-state index >= 15 is 0 Å². The highest BCUT2D eigenvalue weighted by Gasteiger charge is 2.35. The van der Waals surface area contributed by atoms with Gasteiger partial charge in [-0.15, -0.1) is 0 Å². The second-order valence-corrected chi connectivity index (χ2v) is 9.64. The molecule has 1 aromatic heterocycles. The monoisotopic (exact) mass is 505 g/mol. The summed E-state index contributed by atoms with van der Waals surface area (Å²) in [6, 6.07) is 16.4. The predicted octanol–water partition coefficient (Wildman–Crippen LogP) is 6.28. The minimum absolute atomic E-state index is 0.156. The molecule has 0 aliphatic carbocycles. The second kappa shape index (κ2) is 10.9. The molecule has 7 nitrogen and oxygen atoms in total. The van der Waals surface area contributed by atoms with Gasteiger partial charge in [0.15, 0.2) is 0 Å². The van der Waals surface area contributed by atoms with Gasteiger partial charge in [0.2, 0.25) is 0 Å². The Balaban J connectivity index is 1.41. The zero-order valence-electron chi connectivity index (χ0n) is 20.6. The van der Waals surface area contributed by atoms with E-state index in [2.05, 4.69) is 13.8 Å². The molecule has 1 aliphatic heterocycles. The Morgan fingerprint density at radius 2 is 1.83 bits per heavy atom. The van der Waals surface area contributed by atoms with Crippen LogP contribution >= 0.6 is 11.8 Å². The van der Waals surface area contributed by atoms with Gasteiger partial charge < -0.3 is 13.9 Å². The van der Waals surface area contributed by atoms with Crippen molar-refractivity contribution in [3.63, 3.8) is 0 Å². The lowest BCUT2D eigenvalue weighted by molar-refractivity contribution is -0.123. The predicted molar refractivity (Wildman–Crippen MR) is 139 cm³/mol. The summed E-state index contributed by atoms with van der Waals surface area (Å²) in [6.07, 6.45) is 1.56. The summed E-state index contributed by atoms with van der Waals surface area (Å²) in [5, 5.41) is -0.339. The van der Waals surface area contributed by atoms with Crippen LogP contribution in [-0.4, -0.2) is 42.3 Å². The number of hydrogen-bond acceptors (Lipinski definition) is 7. The van der Waals surface area contributed by atoms with E-state index in [1.807, 2.05) is 25.1 Å². The van der Waals surface area contributed by atoms with E-state index in [0.29, 0.717) is 27.9 Å². The van der Waals surface area contributed by atoms with Crippen molar-refractivity contribution >= 4 is 35.0 Å². The van der Waals surface area contributed by atoms with Crippen LogP contribution in [0.3, 0.4) is 0 Å². The smallest absolute Gasteiger partial charge is 0.337 e. The van der Waals surface area contributed by atoms with Crippen molar-refractivity contribution in [2.24, 2.45) is 0 Å². The van der Waals surface area contributed by atoms with Gasteiger partial charge >= 0.3 is 5.97 Å². The molecular formula is C28H27NO6S. The van der Waals surface area contributed by atoms with E-state index < -0.39 is 5.97 Å². The Morgan fingerprint density at radius 1 is 1.08 bits per heavy atom. The van der Waals surface area contributed by atoms with Gasteiger partial charge in [0.25, 0.3) is 11.1 Å². The first-order chi connectivity index (χ1) is 17.3. The molecule has 186 valence electrons. The Morgan fingerprint density at radius 3 is 2.53 bits per heavy atom. The topological polar surface area (TPSA) is 86.0 Å². The number of rotatable bonds is 8. The lowest BCUT2D eigenvalue weighted by Crippen LogP contribution is -2.32. The zero-order chi connectivity index (χ0) is 25.8. The third-order valence-corrected chi connectivity index (χ3v) is 6.64. The molecule has 0 bridgehead atoms. The molecule has 2 heterocycles. The zero-order valence-corrected chi connectivity index (χ0v) is 21.4. The van der Waals surface area contributed by atoms with E-state index in [9.17, 15) is 14.4 Å². The molecule has 0 atom stereocenters. The average molecular weight is 506 g/mol. The minimum atomic E-state index is -0.415. The third-order valence-electron chi connectivity index (χ3n) is 5.73. The number of benzene rings is 2. The maximum atomic E-state index is 12.9. The lowest BCUT2D eigenvalue weighted by Gasteiger charge is -2.17. The molecule has 8 heteroatoms. The third kappa shape index (κ3) is 5.54. The number of furan rings is 1. The van der Waals surface area contributed by atoms with Crippen LogP contribution in [0.4, 0.5) is 4.79 Å². The van der Waals surface area contributed by atoms with Crippen molar-refractivity contribution in [3.05, 3.63) is 82.0 Å². The van der Waals surface area contributed by atoms with Crippen molar-refractivity contribution in [3.8, 4) is 17.1 Å². The quantitative estimate of drug-likeness (QED) is 0.263. The molecule has 4 rings (SSSR count). The first-order valence-electron chi connectivity index (χ1n) is 11.5. The molecule has 0 spiro atoms. The molecule has 3 aromatic rings. The number of carbonyl (C=O) groups is 3. The summed E-state index contributed by atoms with van der Waals surface area (Å²) in [4.78, 5) is 38.5. The molecule has 2 amide bonds. The summed E-state index contributed by atoms with van der Waals surface area (Å²) in [6.45, 7) is 6.55. The van der Waals surface area contributed by atoms with Crippen molar-refractivity contribution in [2.75, 3.05) is 20.3 Å². The summed E-state index contributed by atoms with van der Waals surface area (Å²) in [5.74, 6) is 1.30. The molecule has 0 radical (unpaired) electrons. The average Bonchev–Trinajstić information content (AvgIpc) is 3.43. The molecule has 1 aliphatic rings. The molecule has 36 heavy (non-hydrogen) atoms. The highest BCUT2D eigenvalue weighted by atomic mass is 32.2. The van der Waals surface area contributed by atoms with E-state index in [-0.39, 0.29) is 24.3 Å². The fraction of sp³-hybridized carbons (Fsp3) is 0.250. The van der Waals surface area contributed by atoms with Crippen molar-refractivity contribution in [2.45, 2.75) is 26.7 Å². The van der Waals surface area contributed by atoms with Gasteiger partial charge in [0, 0.05) is 11.6 Å². The number of imide groups is 1. The number of carbonyl (C=O) groups excluding carboxylic acids is 3. The second-order valence-electron chi connectivity index (χ2n) is 8.65. The van der Waals surface area contributed by atoms with Crippen molar-refractivity contribution < 1.29 is 28.3 Å². The van der Waals surface area contributed by atoms with Gasteiger partial charge in [-0.1, -0.05) is 38.1 Å². The SMILES string of the molecule is COC(=O)c1ccc(-c2ccc(/C=C3\SC(=O)N(CCOc4cc(C)ccc4C(C)C)C3=O)o2)cc1. The van der Waals surface area contributed by atoms with Crippen LogP contribution in [-0.2, 0) is 9.53 Å². The number of aryl methyl sites for hydroxylation is 1. The van der Waals surface area contributed by atoms with Crippen LogP contribution in [0, 0.1) is 6.92 Å². The first-order valence-corrected chi connectivity index (χ1v) is 12.4. The Bertz CT molecular complexity index is 1320. The minimum Gasteiger partial charge on any atom is -0.491 e. The van der Waals surface area contributed by atoms with Gasteiger partial charge in [0.05, 0.1) is 24.1 Å². The first kappa shape index (κ1) is 25.3. The Kier molecular flexibility index (Phi) is 7.64. The van der Waals surface area contributed by atoms with Crippen LogP contribution in [0.1, 0.15) is 47.0 Å². The lowest BCUT2D eigenvalue weighted by atomic mass is 10.0. The van der Waals surface area contributed by atoms with E-state index in [1.54, 1.807) is 42.5 Å². The number of amides is 2. The molecule has 0 saturated carbocycles. The van der Waals surface area contributed by atoms with Gasteiger partial charge in [-0.05, 0) is 66.1 Å². The van der Waals surface area contributed by atoms with Crippen LogP contribution in [0.5, 0.6) is 5.75 Å². The molecule has 2 aromatic carbocycles. The fourth-order valence-corrected chi connectivity index (χ4v) is 4.63. The summed E-state index contributed by atoms with van der Waals surface area (Å²) >= 11 is 0.878. The van der Waals surface area contributed by atoms with Crippen LogP contribution < -0.4 is 4.74 Å². The largest absolute Gasteiger partial charge is 0.491 e. The molecule has 1 fully saturated rings. The van der Waals surface area contributed by atoms with Gasteiger partial charge in [-0.2, -0.15) is 0 Å². The van der Waals surface area contributed by atoms with Crippen LogP contribution in [0.2, 0.25) is 0 Å². The number of methoxy groups -OCH3 is 1. The van der Waals surface area contributed by atoms with Gasteiger partial charge in [-0.3, -0.25) is 14.5 Å². The molecule has 1 saturated heterocycles. The Labute approximate surface area is 214 Å². The van der Waals surface area contributed by atoms with E-state index in [4.69, 9.17) is 13.9 Å². The summed E-state index contributed by atoms with van der Waals surface area (Å²) in [7, 11) is 1.33. The van der Waals surface area contributed by atoms with Crippen LogP contribution in [0.15, 0.2) is 63.9 Å². The van der Waals surface area contributed by atoms with Crippen molar-refractivity contribution in [1.82, 2.24) is 4.90 Å². The standard InChI is InChI=1S/C28H27NO6S/c1-17(2)22-11-5-18(3)15-24(22)34-14-13-29-26(30)25(36-28(29)32)16-21-10-12-23(35-21)19-6-8-20(9-7-19)27(31)33-4/h5-12,15-17H,13-14H2,1-4H3/b25-16-. The number of hydrogen-bond donors (Lipinski definition) is 0. The van der Waals surface area contributed by atoms with E-state index in [0.717, 1.165) is 34.2 Å². The highest BCUT2D eigenvalue weighted by molar-refractivity contribution is 8.18. The van der Waals surface area contributed by atoms with Crippen LogP contribution in [0.25, 0.3) is 17.4 Å². The van der Waals surface area contributed by atoms with Gasteiger partial charge in [-0.25, -0.2) is 4.79 Å². The molecule has 0 N–H and O–H groups in total. The maximum absolute atomic E-state index is 12.9. The normalized spacial score (nSPS) is 14.7. The Hall–Kier alpha value is -3.78. The van der Waals surface area contributed by atoms with E-state index in [1.165, 1.54) is 12.0 Å². The molecular weight excluding hydrogens is 478 g/mol. The highest BCUT2D eigenvalue weighted by Crippen LogP contribution is 2.34. The fourth-order valence-electron chi connectivity index (χ4n) is 3.79. The summed E-state index contributed by atoms with van der Waals surface area (Å²) in [5.41, 5.74) is 3.38. The number of thioether (sulfide) groups is 1. The maximum Gasteiger partial charge on any atom is 0.337 e.